The predicted octanol–water partition coefficient (Wildman–Crippen LogP) is 3.45. The molecule has 0 spiro atoms. The molecule has 2 aromatic carbocycles. The molecule has 2 amide bonds. The van der Waals surface area contributed by atoms with Crippen LogP contribution in [0.3, 0.4) is 0 Å². The van der Waals surface area contributed by atoms with E-state index in [4.69, 9.17) is 4.74 Å². The first-order valence-corrected chi connectivity index (χ1v) is 8.50. The Labute approximate surface area is 144 Å². The van der Waals surface area contributed by atoms with Crippen LogP contribution in [0.4, 0.5) is 10.5 Å². The number of urea groups is 1. The second-order valence-corrected chi connectivity index (χ2v) is 5.95. The minimum atomic E-state index is -0.233. The lowest BCUT2D eigenvalue weighted by Gasteiger charge is -2.08. The summed E-state index contributed by atoms with van der Waals surface area (Å²) in [5.74, 6) is 0.860. The van der Waals surface area contributed by atoms with E-state index in [0.717, 1.165) is 28.0 Å². The van der Waals surface area contributed by atoms with Crippen LogP contribution in [-0.2, 0) is 6.42 Å². The Balaban J connectivity index is 1.46. The van der Waals surface area contributed by atoms with Crippen LogP contribution < -0.4 is 15.4 Å². The van der Waals surface area contributed by atoms with Crippen molar-refractivity contribution in [3.63, 3.8) is 0 Å². The van der Waals surface area contributed by atoms with Gasteiger partial charge in [-0.25, -0.2) is 4.79 Å². The Morgan fingerprint density at radius 3 is 2.83 bits per heavy atom. The summed E-state index contributed by atoms with van der Waals surface area (Å²) >= 11 is 1.33. The monoisotopic (exact) mass is 342 g/mol. The summed E-state index contributed by atoms with van der Waals surface area (Å²) in [4.78, 5) is 11.9. The van der Waals surface area contributed by atoms with Gasteiger partial charge in [0.15, 0.2) is 0 Å². The molecule has 0 saturated heterocycles. The van der Waals surface area contributed by atoms with Crippen molar-refractivity contribution in [3.05, 3.63) is 48.0 Å². The molecule has 0 atom stereocenters. The molecule has 0 unspecified atom stereocenters. The molecule has 7 heteroatoms. The molecule has 0 bridgehead atoms. The maximum absolute atomic E-state index is 11.9. The van der Waals surface area contributed by atoms with Crippen molar-refractivity contribution in [2.45, 2.75) is 13.3 Å². The maximum Gasteiger partial charge on any atom is 0.319 e. The van der Waals surface area contributed by atoms with Crippen molar-refractivity contribution in [1.29, 1.82) is 0 Å². The minimum absolute atomic E-state index is 0.233. The third-order valence-corrected chi connectivity index (χ3v) is 4.14. The summed E-state index contributed by atoms with van der Waals surface area (Å²) in [7, 11) is 0. The van der Waals surface area contributed by atoms with E-state index in [0.29, 0.717) is 18.8 Å². The normalized spacial score (nSPS) is 10.5. The summed E-state index contributed by atoms with van der Waals surface area (Å²) in [5, 5.41) is 9.64. The third-order valence-electron chi connectivity index (χ3n) is 3.44. The fraction of sp³-hybridized carbons (Fsp3) is 0.235. The van der Waals surface area contributed by atoms with E-state index < -0.39 is 0 Å². The van der Waals surface area contributed by atoms with E-state index in [-0.39, 0.29) is 6.03 Å². The number of benzene rings is 2. The molecule has 0 aliphatic carbocycles. The van der Waals surface area contributed by atoms with Gasteiger partial charge in [0.05, 0.1) is 11.3 Å². The van der Waals surface area contributed by atoms with Gasteiger partial charge in [0, 0.05) is 12.2 Å². The maximum atomic E-state index is 11.9. The molecule has 2 N–H and O–H groups in total. The highest BCUT2D eigenvalue weighted by Gasteiger charge is 2.04. The van der Waals surface area contributed by atoms with Gasteiger partial charge >= 0.3 is 6.03 Å². The van der Waals surface area contributed by atoms with Gasteiger partial charge in [0.2, 0.25) is 0 Å². The molecule has 6 nitrogen and oxygen atoms in total. The lowest BCUT2D eigenvalue weighted by atomic mass is 10.1. The summed E-state index contributed by atoms with van der Waals surface area (Å²) in [6.07, 6.45) is 0.759. The van der Waals surface area contributed by atoms with E-state index >= 15 is 0 Å². The second kappa shape index (κ2) is 7.74. The van der Waals surface area contributed by atoms with Crippen molar-refractivity contribution in [3.8, 4) is 5.75 Å². The number of aromatic nitrogens is 2. The van der Waals surface area contributed by atoms with Crippen molar-refractivity contribution in [2.75, 3.05) is 18.5 Å². The van der Waals surface area contributed by atoms with Gasteiger partial charge < -0.3 is 15.4 Å². The number of rotatable bonds is 6. The highest BCUT2D eigenvalue weighted by molar-refractivity contribution is 7.12. The number of carbonyl (C=O) groups is 1. The van der Waals surface area contributed by atoms with Crippen LogP contribution in [0.15, 0.2) is 42.5 Å². The standard InChI is InChI=1S/C17H18N4O2S/c1-2-23-14-6-3-12(4-7-14)9-10-18-17(22)19-13-5-8-16-15(11-13)20-21-24-16/h3-8,11H,2,9-10H2,1H3,(H2,18,19,22). The summed E-state index contributed by atoms with van der Waals surface area (Å²) in [5.41, 5.74) is 2.63. The minimum Gasteiger partial charge on any atom is -0.494 e. The average molecular weight is 342 g/mol. The van der Waals surface area contributed by atoms with Gasteiger partial charge in [0.1, 0.15) is 11.3 Å². The van der Waals surface area contributed by atoms with Gasteiger partial charge in [-0.2, -0.15) is 0 Å². The van der Waals surface area contributed by atoms with Crippen molar-refractivity contribution in [2.24, 2.45) is 0 Å². The number of hydrogen-bond acceptors (Lipinski definition) is 5. The molecule has 124 valence electrons. The first kappa shape index (κ1) is 16.2. The molecular formula is C17H18N4O2S. The zero-order valence-electron chi connectivity index (χ0n) is 13.3. The number of ether oxygens (including phenoxy) is 1. The Kier molecular flexibility index (Phi) is 5.22. The first-order chi connectivity index (χ1) is 11.7. The molecule has 0 aliphatic rings. The van der Waals surface area contributed by atoms with Crippen LogP contribution in [0.1, 0.15) is 12.5 Å². The average Bonchev–Trinajstić information content (AvgIpc) is 3.04. The Bertz CT molecular complexity index is 817. The van der Waals surface area contributed by atoms with Gasteiger partial charge in [-0.3, -0.25) is 0 Å². The van der Waals surface area contributed by atoms with Gasteiger partial charge in [0.25, 0.3) is 0 Å². The number of hydrogen-bond donors (Lipinski definition) is 2. The van der Waals surface area contributed by atoms with E-state index in [1.807, 2.05) is 49.4 Å². The van der Waals surface area contributed by atoms with Crippen LogP contribution in [-0.4, -0.2) is 28.8 Å². The Morgan fingerprint density at radius 1 is 1.21 bits per heavy atom. The molecule has 0 saturated carbocycles. The van der Waals surface area contributed by atoms with Crippen LogP contribution in [0, 0.1) is 0 Å². The molecule has 0 fully saturated rings. The van der Waals surface area contributed by atoms with Crippen LogP contribution in [0.5, 0.6) is 5.75 Å². The highest BCUT2D eigenvalue weighted by Crippen LogP contribution is 2.19. The fourth-order valence-electron chi connectivity index (χ4n) is 2.27. The van der Waals surface area contributed by atoms with Crippen molar-refractivity contribution >= 4 is 33.5 Å². The molecule has 24 heavy (non-hydrogen) atoms. The van der Waals surface area contributed by atoms with Crippen LogP contribution in [0.2, 0.25) is 0 Å². The molecule has 0 aliphatic heterocycles. The van der Waals surface area contributed by atoms with E-state index in [1.54, 1.807) is 0 Å². The SMILES string of the molecule is CCOc1ccc(CCNC(=O)Nc2ccc3snnc3c2)cc1. The second-order valence-electron chi connectivity index (χ2n) is 5.16. The van der Waals surface area contributed by atoms with Gasteiger partial charge in [-0.15, -0.1) is 5.10 Å². The number of anilines is 1. The smallest absolute Gasteiger partial charge is 0.319 e. The quantitative estimate of drug-likeness (QED) is 0.719. The number of fused-ring (bicyclic) bond motifs is 1. The van der Waals surface area contributed by atoms with E-state index in [1.165, 1.54) is 11.5 Å². The molecule has 0 radical (unpaired) electrons. The molecule has 1 aromatic heterocycles. The summed E-state index contributed by atoms with van der Waals surface area (Å²) in [6, 6.07) is 13.2. The van der Waals surface area contributed by atoms with Gasteiger partial charge in [-0.1, -0.05) is 16.6 Å². The van der Waals surface area contributed by atoms with Crippen molar-refractivity contribution < 1.29 is 9.53 Å². The van der Waals surface area contributed by atoms with Crippen molar-refractivity contribution in [1.82, 2.24) is 14.9 Å². The number of nitrogens with one attached hydrogen (secondary N) is 2. The highest BCUT2D eigenvalue weighted by atomic mass is 32.1. The van der Waals surface area contributed by atoms with Crippen LogP contribution >= 0.6 is 11.5 Å². The van der Waals surface area contributed by atoms with E-state index in [9.17, 15) is 4.79 Å². The number of amides is 2. The molecule has 1 heterocycles. The zero-order chi connectivity index (χ0) is 16.8. The van der Waals surface area contributed by atoms with E-state index in [2.05, 4.69) is 20.2 Å². The fourth-order valence-corrected chi connectivity index (χ4v) is 2.81. The predicted molar refractivity (Wildman–Crippen MR) is 95.8 cm³/mol. The van der Waals surface area contributed by atoms with Crippen LogP contribution in [0.25, 0.3) is 10.2 Å². The lowest BCUT2D eigenvalue weighted by Crippen LogP contribution is -2.30. The number of nitrogens with zero attached hydrogens (tertiary/aromatic N) is 2. The first-order valence-electron chi connectivity index (χ1n) is 7.73. The zero-order valence-corrected chi connectivity index (χ0v) is 14.1. The third kappa shape index (κ3) is 4.20. The summed E-state index contributed by atoms with van der Waals surface area (Å²) < 4.78 is 10.3. The Hall–Kier alpha value is -2.67. The summed E-state index contributed by atoms with van der Waals surface area (Å²) in [6.45, 7) is 3.17. The lowest BCUT2D eigenvalue weighted by molar-refractivity contribution is 0.252. The number of carbonyl (C=O) groups excluding carboxylic acids is 1. The molecule has 3 aromatic rings. The Morgan fingerprint density at radius 2 is 2.04 bits per heavy atom. The topological polar surface area (TPSA) is 76.1 Å². The molecule has 3 rings (SSSR count). The largest absolute Gasteiger partial charge is 0.494 e. The van der Waals surface area contributed by atoms with Gasteiger partial charge in [-0.05, 0) is 60.8 Å². The molecular weight excluding hydrogens is 324 g/mol.